The Morgan fingerprint density at radius 1 is 0.870 bits per heavy atom. The molecule has 3 aromatic rings. The lowest BCUT2D eigenvalue weighted by molar-refractivity contribution is 0.298. The molecule has 23 heavy (non-hydrogen) atoms. The van der Waals surface area contributed by atoms with Gasteiger partial charge < -0.3 is 10.1 Å². The second-order valence-corrected chi connectivity index (χ2v) is 5.74. The minimum absolute atomic E-state index is 0.151. The summed E-state index contributed by atoms with van der Waals surface area (Å²) in [7, 11) is 0. The second-order valence-electron chi connectivity index (χ2n) is 5.74. The quantitative estimate of drug-likeness (QED) is 0.699. The Labute approximate surface area is 137 Å². The lowest BCUT2D eigenvalue weighted by atomic mass is 9.87. The van der Waals surface area contributed by atoms with Gasteiger partial charge in [0.1, 0.15) is 5.82 Å². The van der Waals surface area contributed by atoms with Gasteiger partial charge in [0.05, 0.1) is 0 Å². The van der Waals surface area contributed by atoms with Crippen molar-refractivity contribution in [2.45, 2.75) is 25.2 Å². The van der Waals surface area contributed by atoms with Crippen molar-refractivity contribution in [2.24, 2.45) is 0 Å². The lowest BCUT2D eigenvalue weighted by Gasteiger charge is -2.17. The Hall–Kier alpha value is -2.39. The zero-order chi connectivity index (χ0) is 15.9. The molecule has 3 nitrogen and oxygen atoms in total. The fraction of sp³-hybridized carbons (Fsp3) is 0.250. The molecule has 118 valence electrons. The summed E-state index contributed by atoms with van der Waals surface area (Å²) in [5, 5.41) is 9.00. The molecule has 0 spiro atoms. The van der Waals surface area contributed by atoms with Crippen LogP contribution in [0.4, 0.5) is 0 Å². The van der Waals surface area contributed by atoms with Crippen molar-refractivity contribution >= 4 is 0 Å². The van der Waals surface area contributed by atoms with Crippen molar-refractivity contribution in [3.8, 4) is 0 Å². The van der Waals surface area contributed by atoms with Crippen LogP contribution in [0, 0.1) is 0 Å². The highest BCUT2D eigenvalue weighted by molar-refractivity contribution is 5.32. The first-order chi connectivity index (χ1) is 11.4. The van der Waals surface area contributed by atoms with Gasteiger partial charge in [0.15, 0.2) is 0 Å². The molecule has 0 amide bonds. The van der Waals surface area contributed by atoms with E-state index in [0.717, 1.165) is 24.4 Å². The standard InChI is InChI=1S/C20H22N2O/c23-14-13-18-15-21-20(22-18)12-11-19(16-7-3-1-4-8-16)17-9-5-2-6-10-17/h1-10,15,19,23H,11-14H2,(H,21,22). The first-order valence-corrected chi connectivity index (χ1v) is 8.10. The zero-order valence-electron chi connectivity index (χ0n) is 13.2. The molecule has 0 bridgehead atoms. The number of aliphatic hydroxyl groups excluding tert-OH is 1. The highest BCUT2D eigenvalue weighted by atomic mass is 16.3. The highest BCUT2D eigenvalue weighted by Gasteiger charge is 2.14. The number of hydrogen-bond donors (Lipinski definition) is 2. The largest absolute Gasteiger partial charge is 0.396 e. The van der Waals surface area contributed by atoms with Crippen molar-refractivity contribution < 1.29 is 5.11 Å². The number of H-pyrrole nitrogens is 1. The van der Waals surface area contributed by atoms with E-state index < -0.39 is 0 Å². The van der Waals surface area contributed by atoms with Gasteiger partial charge in [-0.25, -0.2) is 4.98 Å². The summed E-state index contributed by atoms with van der Waals surface area (Å²) >= 11 is 0. The molecule has 1 heterocycles. The number of nitrogens with one attached hydrogen (secondary N) is 1. The van der Waals surface area contributed by atoms with E-state index in [4.69, 9.17) is 5.11 Å². The molecule has 2 N–H and O–H groups in total. The highest BCUT2D eigenvalue weighted by Crippen LogP contribution is 2.28. The molecule has 3 heteroatoms. The van der Waals surface area contributed by atoms with E-state index in [0.29, 0.717) is 12.3 Å². The summed E-state index contributed by atoms with van der Waals surface area (Å²) in [4.78, 5) is 7.73. The molecular formula is C20H22N2O. The fourth-order valence-corrected chi connectivity index (χ4v) is 2.96. The van der Waals surface area contributed by atoms with Crippen LogP contribution in [0.3, 0.4) is 0 Å². The predicted molar refractivity (Wildman–Crippen MR) is 92.4 cm³/mol. The first-order valence-electron chi connectivity index (χ1n) is 8.10. The first kappa shape index (κ1) is 15.5. The Morgan fingerprint density at radius 3 is 2.04 bits per heavy atom. The summed E-state index contributed by atoms with van der Waals surface area (Å²) < 4.78 is 0. The normalized spacial score (nSPS) is 11.0. The average molecular weight is 306 g/mol. The van der Waals surface area contributed by atoms with Gasteiger partial charge in [0.2, 0.25) is 0 Å². The number of aromatic amines is 1. The van der Waals surface area contributed by atoms with E-state index >= 15 is 0 Å². The van der Waals surface area contributed by atoms with Crippen LogP contribution >= 0.6 is 0 Å². The molecule has 0 aliphatic heterocycles. The summed E-state index contributed by atoms with van der Waals surface area (Å²) in [6.07, 6.45) is 4.35. The Morgan fingerprint density at radius 2 is 1.48 bits per heavy atom. The summed E-state index contributed by atoms with van der Waals surface area (Å²) in [6, 6.07) is 21.3. The van der Waals surface area contributed by atoms with Crippen LogP contribution in [0.5, 0.6) is 0 Å². The summed E-state index contributed by atoms with van der Waals surface area (Å²) in [5.41, 5.74) is 3.67. The van der Waals surface area contributed by atoms with Gasteiger partial charge in [-0.05, 0) is 17.5 Å². The van der Waals surface area contributed by atoms with Gasteiger partial charge in [0.25, 0.3) is 0 Å². The van der Waals surface area contributed by atoms with Crippen LogP contribution < -0.4 is 0 Å². The third kappa shape index (κ3) is 4.08. The van der Waals surface area contributed by atoms with Crippen LogP contribution in [0.2, 0.25) is 0 Å². The van der Waals surface area contributed by atoms with Crippen molar-refractivity contribution in [1.82, 2.24) is 9.97 Å². The monoisotopic (exact) mass is 306 g/mol. The molecule has 0 aliphatic carbocycles. The van der Waals surface area contributed by atoms with Crippen molar-refractivity contribution in [3.63, 3.8) is 0 Å². The molecular weight excluding hydrogens is 284 g/mol. The predicted octanol–water partition coefficient (Wildman–Crippen LogP) is 3.71. The molecule has 0 unspecified atom stereocenters. The van der Waals surface area contributed by atoms with E-state index in [1.807, 2.05) is 6.20 Å². The lowest BCUT2D eigenvalue weighted by Crippen LogP contribution is -2.04. The summed E-state index contributed by atoms with van der Waals surface area (Å²) in [5.74, 6) is 1.36. The number of imidazole rings is 1. The van der Waals surface area contributed by atoms with Gasteiger partial charge in [-0.3, -0.25) is 0 Å². The minimum Gasteiger partial charge on any atom is -0.396 e. The molecule has 3 rings (SSSR count). The van der Waals surface area contributed by atoms with E-state index in [2.05, 4.69) is 70.6 Å². The van der Waals surface area contributed by atoms with E-state index in [9.17, 15) is 0 Å². The molecule has 1 aromatic heterocycles. The zero-order valence-corrected chi connectivity index (χ0v) is 13.2. The van der Waals surface area contributed by atoms with E-state index in [-0.39, 0.29) is 6.61 Å². The number of hydrogen-bond acceptors (Lipinski definition) is 2. The van der Waals surface area contributed by atoms with Gasteiger partial charge in [-0.15, -0.1) is 0 Å². The fourth-order valence-electron chi connectivity index (χ4n) is 2.96. The molecule has 0 fully saturated rings. The van der Waals surface area contributed by atoms with Gasteiger partial charge in [0, 0.05) is 37.3 Å². The van der Waals surface area contributed by atoms with Crippen molar-refractivity contribution in [2.75, 3.05) is 6.61 Å². The Kier molecular flexibility index (Phi) is 5.22. The van der Waals surface area contributed by atoms with E-state index in [1.165, 1.54) is 11.1 Å². The van der Waals surface area contributed by atoms with Gasteiger partial charge >= 0.3 is 0 Å². The molecule has 0 radical (unpaired) electrons. The minimum atomic E-state index is 0.151. The van der Waals surface area contributed by atoms with Crippen LogP contribution in [0.15, 0.2) is 66.9 Å². The number of aliphatic hydroxyl groups is 1. The Bertz CT molecular complexity index is 667. The number of rotatable bonds is 7. The molecule has 0 saturated carbocycles. The Balaban J connectivity index is 1.76. The van der Waals surface area contributed by atoms with Gasteiger partial charge in [-0.1, -0.05) is 60.7 Å². The molecule has 2 aromatic carbocycles. The maximum absolute atomic E-state index is 9.00. The molecule has 0 saturated heterocycles. The SMILES string of the molecule is OCCc1cnc(CCC(c2ccccc2)c2ccccc2)[nH]1. The average Bonchev–Trinajstić information content (AvgIpc) is 3.05. The third-order valence-corrected chi connectivity index (χ3v) is 4.14. The maximum Gasteiger partial charge on any atom is 0.106 e. The maximum atomic E-state index is 9.00. The van der Waals surface area contributed by atoms with Crippen molar-refractivity contribution in [3.05, 3.63) is 89.5 Å². The van der Waals surface area contributed by atoms with E-state index in [1.54, 1.807) is 0 Å². The summed E-state index contributed by atoms with van der Waals surface area (Å²) in [6.45, 7) is 0.151. The van der Waals surface area contributed by atoms with Gasteiger partial charge in [-0.2, -0.15) is 0 Å². The number of benzene rings is 2. The smallest absolute Gasteiger partial charge is 0.106 e. The number of aromatic nitrogens is 2. The van der Waals surface area contributed by atoms with Crippen LogP contribution in [0.25, 0.3) is 0 Å². The number of nitrogens with zero attached hydrogens (tertiary/aromatic N) is 1. The van der Waals surface area contributed by atoms with Crippen molar-refractivity contribution in [1.29, 1.82) is 0 Å². The molecule has 0 atom stereocenters. The van der Waals surface area contributed by atoms with Crippen LogP contribution in [-0.2, 0) is 12.8 Å². The van der Waals surface area contributed by atoms with Crippen LogP contribution in [-0.4, -0.2) is 21.7 Å². The third-order valence-electron chi connectivity index (χ3n) is 4.14. The second kappa shape index (κ2) is 7.75. The van der Waals surface area contributed by atoms with Crippen LogP contribution in [0.1, 0.15) is 35.0 Å². The topological polar surface area (TPSA) is 48.9 Å². The molecule has 0 aliphatic rings. The number of aryl methyl sites for hydroxylation is 1.